The Morgan fingerprint density at radius 1 is 1.26 bits per heavy atom. The molecule has 3 rings (SSSR count). The van der Waals surface area contributed by atoms with E-state index in [-0.39, 0.29) is 11.9 Å². The largest absolute Gasteiger partial charge is 0.469 e. The molecule has 2 aliphatic rings. The lowest BCUT2D eigenvalue weighted by Gasteiger charge is -2.41. The molecule has 1 aromatic carbocycles. The molecule has 3 heteroatoms. The molecular formula is C16H21NO2. The van der Waals surface area contributed by atoms with Gasteiger partial charge in [0, 0.05) is 18.0 Å². The molecule has 2 saturated heterocycles. The van der Waals surface area contributed by atoms with Crippen LogP contribution in [0.2, 0.25) is 0 Å². The van der Waals surface area contributed by atoms with Crippen LogP contribution in [0.1, 0.15) is 30.7 Å². The van der Waals surface area contributed by atoms with Gasteiger partial charge in [0.15, 0.2) is 0 Å². The van der Waals surface area contributed by atoms with E-state index in [0.717, 1.165) is 12.8 Å². The second kappa shape index (κ2) is 4.97. The molecule has 2 aliphatic heterocycles. The van der Waals surface area contributed by atoms with Crippen molar-refractivity contribution in [1.29, 1.82) is 0 Å². The zero-order valence-electron chi connectivity index (χ0n) is 11.6. The van der Waals surface area contributed by atoms with Crippen LogP contribution >= 0.6 is 0 Å². The van der Waals surface area contributed by atoms with E-state index < -0.39 is 0 Å². The van der Waals surface area contributed by atoms with Crippen molar-refractivity contribution in [3.63, 3.8) is 0 Å². The van der Waals surface area contributed by atoms with Crippen LogP contribution in [-0.4, -0.2) is 37.1 Å². The van der Waals surface area contributed by atoms with Gasteiger partial charge in [-0.1, -0.05) is 30.3 Å². The van der Waals surface area contributed by atoms with Gasteiger partial charge in [0.25, 0.3) is 0 Å². The van der Waals surface area contributed by atoms with Gasteiger partial charge in [-0.2, -0.15) is 0 Å². The first-order valence-corrected chi connectivity index (χ1v) is 7.07. The maximum absolute atomic E-state index is 12.2. The summed E-state index contributed by atoms with van der Waals surface area (Å²) in [6.45, 7) is 0. The second-order valence-electron chi connectivity index (χ2n) is 5.77. The van der Waals surface area contributed by atoms with E-state index in [1.54, 1.807) is 0 Å². The van der Waals surface area contributed by atoms with E-state index in [1.165, 1.54) is 19.1 Å². The Kier molecular flexibility index (Phi) is 3.31. The van der Waals surface area contributed by atoms with Crippen molar-refractivity contribution in [2.45, 2.75) is 37.3 Å². The van der Waals surface area contributed by atoms with E-state index >= 15 is 0 Å². The van der Waals surface area contributed by atoms with Gasteiger partial charge in [-0.05, 0) is 31.9 Å². The molecule has 0 N–H and O–H groups in total. The minimum atomic E-state index is -0.0500. The highest BCUT2D eigenvalue weighted by molar-refractivity contribution is 5.75. The number of carbonyl (C=O) groups excluding carboxylic acids is 1. The van der Waals surface area contributed by atoms with Crippen LogP contribution in [0.25, 0.3) is 0 Å². The topological polar surface area (TPSA) is 29.5 Å². The zero-order chi connectivity index (χ0) is 13.4. The molecule has 4 atom stereocenters. The Balaban J connectivity index is 1.96. The Bertz CT molecular complexity index is 459. The highest BCUT2D eigenvalue weighted by Gasteiger charge is 2.49. The quantitative estimate of drug-likeness (QED) is 0.764. The molecule has 0 aromatic heterocycles. The summed E-state index contributed by atoms with van der Waals surface area (Å²) in [6, 6.07) is 11.4. The standard InChI is InChI=1S/C16H21NO2/c1-17-12-8-9-14(17)15(16(18)19-2)13(10-12)11-6-4-3-5-7-11/h3-7,12-15H,8-10H2,1-2H3/t12?,13-,14?,15?/m1/s1. The Labute approximate surface area is 114 Å². The van der Waals surface area contributed by atoms with Gasteiger partial charge in [-0.15, -0.1) is 0 Å². The molecular weight excluding hydrogens is 238 g/mol. The molecule has 0 aliphatic carbocycles. The fraction of sp³-hybridized carbons (Fsp3) is 0.562. The molecule has 0 saturated carbocycles. The van der Waals surface area contributed by atoms with Gasteiger partial charge in [-0.25, -0.2) is 0 Å². The number of ether oxygens (including phenoxy) is 1. The fourth-order valence-electron chi connectivity index (χ4n) is 3.97. The average Bonchev–Trinajstić information content (AvgIpc) is 2.70. The van der Waals surface area contributed by atoms with Crippen molar-refractivity contribution in [1.82, 2.24) is 4.90 Å². The molecule has 0 radical (unpaired) electrons. The van der Waals surface area contributed by atoms with E-state index in [9.17, 15) is 4.79 Å². The fourth-order valence-corrected chi connectivity index (χ4v) is 3.97. The summed E-state index contributed by atoms with van der Waals surface area (Å²) in [7, 11) is 3.66. The third-order valence-electron chi connectivity index (χ3n) is 4.97. The number of hydrogen-bond acceptors (Lipinski definition) is 3. The van der Waals surface area contributed by atoms with Crippen LogP contribution in [0.4, 0.5) is 0 Å². The molecule has 2 fully saturated rings. The summed E-state index contributed by atoms with van der Waals surface area (Å²) < 4.78 is 5.07. The Morgan fingerprint density at radius 3 is 2.68 bits per heavy atom. The van der Waals surface area contributed by atoms with Crippen molar-refractivity contribution in [3.05, 3.63) is 35.9 Å². The third-order valence-corrected chi connectivity index (χ3v) is 4.97. The number of fused-ring (bicyclic) bond motifs is 2. The Morgan fingerprint density at radius 2 is 2.00 bits per heavy atom. The summed E-state index contributed by atoms with van der Waals surface area (Å²) in [5, 5.41) is 0. The lowest BCUT2D eigenvalue weighted by atomic mass is 9.76. The van der Waals surface area contributed by atoms with Gasteiger partial charge in [-0.3, -0.25) is 9.69 Å². The molecule has 102 valence electrons. The lowest BCUT2D eigenvalue weighted by Crippen LogP contribution is -2.49. The van der Waals surface area contributed by atoms with Gasteiger partial charge < -0.3 is 4.74 Å². The van der Waals surface area contributed by atoms with Crippen molar-refractivity contribution < 1.29 is 9.53 Å². The number of carbonyl (C=O) groups is 1. The van der Waals surface area contributed by atoms with E-state index in [2.05, 4.69) is 36.2 Å². The number of methoxy groups -OCH3 is 1. The van der Waals surface area contributed by atoms with Crippen molar-refractivity contribution in [2.24, 2.45) is 5.92 Å². The van der Waals surface area contributed by atoms with Gasteiger partial charge in [0.05, 0.1) is 13.0 Å². The first-order chi connectivity index (χ1) is 9.22. The van der Waals surface area contributed by atoms with Crippen LogP contribution in [0.15, 0.2) is 30.3 Å². The molecule has 1 aromatic rings. The van der Waals surface area contributed by atoms with Gasteiger partial charge in [0.2, 0.25) is 0 Å². The van der Waals surface area contributed by atoms with E-state index in [1.807, 2.05) is 6.07 Å². The smallest absolute Gasteiger partial charge is 0.310 e. The van der Waals surface area contributed by atoms with Crippen LogP contribution in [0.5, 0.6) is 0 Å². The third kappa shape index (κ3) is 2.06. The monoisotopic (exact) mass is 259 g/mol. The normalized spacial score (nSPS) is 34.2. The van der Waals surface area contributed by atoms with Crippen LogP contribution < -0.4 is 0 Å². The molecule has 2 bridgehead atoms. The highest BCUT2D eigenvalue weighted by atomic mass is 16.5. The zero-order valence-corrected chi connectivity index (χ0v) is 11.6. The summed E-state index contributed by atoms with van der Waals surface area (Å²) >= 11 is 0. The SMILES string of the molecule is COC(=O)C1C2CCC(C[C@@H]1c1ccccc1)N2C. The number of benzene rings is 1. The maximum Gasteiger partial charge on any atom is 0.310 e. The predicted molar refractivity (Wildman–Crippen MR) is 73.9 cm³/mol. The van der Waals surface area contributed by atoms with Crippen LogP contribution in [-0.2, 0) is 9.53 Å². The van der Waals surface area contributed by atoms with Crippen molar-refractivity contribution in [2.75, 3.05) is 14.2 Å². The van der Waals surface area contributed by atoms with Gasteiger partial charge in [0.1, 0.15) is 0 Å². The van der Waals surface area contributed by atoms with Crippen molar-refractivity contribution in [3.8, 4) is 0 Å². The summed E-state index contributed by atoms with van der Waals surface area (Å²) in [6.07, 6.45) is 3.39. The number of rotatable bonds is 2. The number of esters is 1. The predicted octanol–water partition coefficient (Wildman–Crippen LogP) is 2.43. The Hall–Kier alpha value is -1.35. The number of piperidine rings is 1. The van der Waals surface area contributed by atoms with Gasteiger partial charge >= 0.3 is 5.97 Å². The number of hydrogen-bond donors (Lipinski definition) is 0. The van der Waals surface area contributed by atoms with E-state index in [4.69, 9.17) is 4.74 Å². The number of nitrogens with zero attached hydrogens (tertiary/aromatic N) is 1. The first kappa shape index (κ1) is 12.7. The summed E-state index contributed by atoms with van der Waals surface area (Å²) in [4.78, 5) is 14.6. The van der Waals surface area contributed by atoms with Crippen molar-refractivity contribution >= 4 is 5.97 Å². The molecule has 0 spiro atoms. The second-order valence-corrected chi connectivity index (χ2v) is 5.77. The molecule has 19 heavy (non-hydrogen) atoms. The van der Waals surface area contributed by atoms with Crippen LogP contribution in [0, 0.1) is 5.92 Å². The minimum Gasteiger partial charge on any atom is -0.469 e. The minimum absolute atomic E-state index is 0.0175. The summed E-state index contributed by atoms with van der Waals surface area (Å²) in [5.41, 5.74) is 1.28. The molecule has 3 nitrogen and oxygen atoms in total. The molecule has 2 heterocycles. The van der Waals surface area contributed by atoms with E-state index in [0.29, 0.717) is 18.0 Å². The average molecular weight is 259 g/mol. The van der Waals surface area contributed by atoms with Crippen LogP contribution in [0.3, 0.4) is 0 Å². The maximum atomic E-state index is 12.2. The molecule has 0 amide bonds. The highest BCUT2D eigenvalue weighted by Crippen LogP contribution is 2.46. The lowest BCUT2D eigenvalue weighted by molar-refractivity contribution is -0.150. The molecule has 3 unspecified atom stereocenters. The summed E-state index contributed by atoms with van der Waals surface area (Å²) in [5.74, 6) is 0.240. The first-order valence-electron chi connectivity index (χ1n) is 7.07.